The predicted molar refractivity (Wildman–Crippen MR) is 128 cm³/mol. The quantitative estimate of drug-likeness (QED) is 0.555. The number of thiocarbonyl (C=S) groups is 1. The van der Waals surface area contributed by atoms with Gasteiger partial charge in [-0.15, -0.1) is 11.3 Å². The van der Waals surface area contributed by atoms with Gasteiger partial charge >= 0.3 is 5.97 Å². The number of fused-ring (bicyclic) bond motifs is 1. The summed E-state index contributed by atoms with van der Waals surface area (Å²) < 4.78 is 5.08. The summed E-state index contributed by atoms with van der Waals surface area (Å²) in [5, 5.41) is 4.92. The number of methoxy groups -OCH3 is 1. The van der Waals surface area contributed by atoms with Crippen molar-refractivity contribution in [1.29, 1.82) is 0 Å². The molecule has 1 aliphatic carbocycles. The smallest absolute Gasteiger partial charge is 0.341 e. The predicted octanol–water partition coefficient (Wildman–Crippen LogP) is 4.55. The van der Waals surface area contributed by atoms with Crippen LogP contribution in [0.1, 0.15) is 44.8 Å². The molecule has 5 nitrogen and oxygen atoms in total. The monoisotopic (exact) mass is 443 g/mol. The molecule has 1 N–H and O–H groups in total. The van der Waals surface area contributed by atoms with E-state index in [1.165, 1.54) is 35.2 Å². The van der Waals surface area contributed by atoms with Crippen molar-refractivity contribution in [2.45, 2.75) is 39.5 Å². The van der Waals surface area contributed by atoms with Crippen LogP contribution in [0.3, 0.4) is 0 Å². The Balaban J connectivity index is 1.45. The number of anilines is 2. The highest BCUT2D eigenvalue weighted by Crippen LogP contribution is 2.38. The second-order valence-corrected chi connectivity index (χ2v) is 9.52. The lowest BCUT2D eigenvalue weighted by molar-refractivity contribution is 0.0601. The Morgan fingerprint density at radius 3 is 2.60 bits per heavy atom. The average molecular weight is 444 g/mol. The number of hydrogen-bond acceptors (Lipinski definition) is 5. The van der Waals surface area contributed by atoms with E-state index in [-0.39, 0.29) is 5.97 Å². The van der Waals surface area contributed by atoms with Crippen LogP contribution in [0.4, 0.5) is 10.7 Å². The first-order valence-electron chi connectivity index (χ1n) is 10.6. The number of carbonyl (C=O) groups excluding carboxylic acids is 1. The largest absolute Gasteiger partial charge is 0.465 e. The third-order valence-corrected chi connectivity index (χ3v) is 7.83. The fourth-order valence-corrected chi connectivity index (χ4v) is 6.00. The van der Waals surface area contributed by atoms with Gasteiger partial charge in [-0.3, -0.25) is 0 Å². The van der Waals surface area contributed by atoms with Crippen molar-refractivity contribution >= 4 is 45.3 Å². The minimum atomic E-state index is -0.264. The molecule has 2 heterocycles. The minimum absolute atomic E-state index is 0.264. The Labute approximate surface area is 188 Å². The Morgan fingerprint density at radius 2 is 1.87 bits per heavy atom. The lowest BCUT2D eigenvalue weighted by Crippen LogP contribution is -2.50. The maximum Gasteiger partial charge on any atom is 0.341 e. The third kappa shape index (κ3) is 4.05. The van der Waals surface area contributed by atoms with E-state index in [1.807, 2.05) is 0 Å². The summed E-state index contributed by atoms with van der Waals surface area (Å²) in [7, 11) is 1.45. The van der Waals surface area contributed by atoms with Crippen molar-refractivity contribution < 1.29 is 9.53 Å². The van der Waals surface area contributed by atoms with Crippen LogP contribution in [0.25, 0.3) is 0 Å². The van der Waals surface area contributed by atoms with Gasteiger partial charge in [0.05, 0.1) is 12.7 Å². The molecule has 0 unspecified atom stereocenters. The Hall–Kier alpha value is -2.12. The number of nitrogens with zero attached hydrogens (tertiary/aromatic N) is 2. The second kappa shape index (κ2) is 8.94. The number of rotatable bonds is 3. The van der Waals surface area contributed by atoms with Crippen molar-refractivity contribution in [1.82, 2.24) is 4.90 Å². The van der Waals surface area contributed by atoms with Crippen LogP contribution in [0.15, 0.2) is 18.2 Å². The molecule has 0 atom stereocenters. The summed E-state index contributed by atoms with van der Waals surface area (Å²) in [5.74, 6) is -0.264. The zero-order valence-electron chi connectivity index (χ0n) is 17.9. The summed E-state index contributed by atoms with van der Waals surface area (Å²) >= 11 is 7.39. The van der Waals surface area contributed by atoms with Gasteiger partial charge < -0.3 is 19.9 Å². The molecule has 0 saturated carbocycles. The summed E-state index contributed by atoms with van der Waals surface area (Å²) in [6, 6.07) is 6.49. The Morgan fingerprint density at radius 1 is 1.13 bits per heavy atom. The zero-order chi connectivity index (χ0) is 21.3. The Bertz CT molecular complexity index is 962. The number of carbonyl (C=O) groups is 1. The lowest BCUT2D eigenvalue weighted by atomic mass is 9.95. The molecule has 4 rings (SSSR count). The van der Waals surface area contributed by atoms with Gasteiger partial charge in [0.2, 0.25) is 0 Å². The number of piperazine rings is 1. The molecular weight excluding hydrogens is 414 g/mol. The molecule has 2 aliphatic rings. The maximum absolute atomic E-state index is 12.5. The van der Waals surface area contributed by atoms with Gasteiger partial charge in [-0.05, 0) is 74.5 Å². The highest BCUT2D eigenvalue weighted by Gasteiger charge is 2.28. The molecule has 1 aromatic carbocycles. The van der Waals surface area contributed by atoms with Gasteiger partial charge in [0.1, 0.15) is 5.00 Å². The first kappa shape index (κ1) is 21.1. The van der Waals surface area contributed by atoms with Crippen LogP contribution in [-0.4, -0.2) is 49.3 Å². The maximum atomic E-state index is 12.5. The molecule has 0 bridgehead atoms. The van der Waals surface area contributed by atoms with Crippen LogP contribution in [-0.2, 0) is 17.6 Å². The van der Waals surface area contributed by atoms with Crippen LogP contribution in [0.2, 0.25) is 0 Å². The zero-order valence-corrected chi connectivity index (χ0v) is 19.5. The number of benzene rings is 1. The van der Waals surface area contributed by atoms with Crippen LogP contribution in [0.5, 0.6) is 0 Å². The molecule has 1 aliphatic heterocycles. The number of nitrogens with one attached hydrogen (secondary N) is 1. The van der Waals surface area contributed by atoms with Crippen LogP contribution >= 0.6 is 23.6 Å². The SMILES string of the molecule is COC(=O)c1c(NC(=S)N2CCN(c3cccc(C)c3C)CC2)sc2c1CCCC2. The van der Waals surface area contributed by atoms with Crippen molar-refractivity contribution in [3.8, 4) is 0 Å². The lowest BCUT2D eigenvalue weighted by Gasteiger charge is -2.38. The fraction of sp³-hybridized carbons (Fsp3) is 0.478. The standard InChI is InChI=1S/C23H29N3O2S2/c1-15-7-6-9-18(16(15)2)25-11-13-26(14-12-25)23(29)24-21-20(22(27)28-3)17-8-4-5-10-19(17)30-21/h6-7,9H,4-5,8,10-14H2,1-3H3,(H,24,29). The number of aryl methyl sites for hydroxylation is 2. The number of ether oxygens (including phenoxy) is 1. The highest BCUT2D eigenvalue weighted by molar-refractivity contribution is 7.80. The minimum Gasteiger partial charge on any atom is -0.465 e. The molecule has 0 radical (unpaired) electrons. The van der Waals surface area contributed by atoms with E-state index >= 15 is 0 Å². The highest BCUT2D eigenvalue weighted by atomic mass is 32.1. The van der Waals surface area contributed by atoms with Gasteiger partial charge in [0.25, 0.3) is 0 Å². The summed E-state index contributed by atoms with van der Waals surface area (Å²) in [5.41, 5.74) is 5.83. The van der Waals surface area contributed by atoms with Gasteiger partial charge in [-0.1, -0.05) is 12.1 Å². The number of hydrogen-bond donors (Lipinski definition) is 1. The molecular formula is C23H29N3O2S2. The van der Waals surface area contributed by atoms with Crippen molar-refractivity contribution in [2.75, 3.05) is 43.5 Å². The van der Waals surface area contributed by atoms with E-state index in [9.17, 15) is 4.79 Å². The van der Waals surface area contributed by atoms with E-state index in [2.05, 4.69) is 47.2 Å². The van der Waals surface area contributed by atoms with E-state index in [0.29, 0.717) is 10.7 Å². The molecule has 160 valence electrons. The average Bonchev–Trinajstić information content (AvgIpc) is 3.13. The van der Waals surface area contributed by atoms with Crippen molar-refractivity contribution in [2.24, 2.45) is 0 Å². The van der Waals surface area contributed by atoms with E-state index in [0.717, 1.165) is 56.0 Å². The van der Waals surface area contributed by atoms with Crippen LogP contribution in [0, 0.1) is 13.8 Å². The molecule has 1 saturated heterocycles. The van der Waals surface area contributed by atoms with Crippen molar-refractivity contribution in [3.05, 3.63) is 45.3 Å². The first-order chi connectivity index (χ1) is 14.5. The number of thiophene rings is 1. The second-order valence-electron chi connectivity index (χ2n) is 8.03. The number of esters is 1. The summed E-state index contributed by atoms with van der Waals surface area (Å²) in [4.78, 5) is 18.4. The van der Waals surface area contributed by atoms with E-state index in [4.69, 9.17) is 17.0 Å². The van der Waals surface area contributed by atoms with Gasteiger partial charge in [0.15, 0.2) is 5.11 Å². The molecule has 7 heteroatoms. The topological polar surface area (TPSA) is 44.8 Å². The van der Waals surface area contributed by atoms with Gasteiger partial charge in [-0.2, -0.15) is 0 Å². The first-order valence-corrected chi connectivity index (χ1v) is 11.8. The van der Waals surface area contributed by atoms with Gasteiger partial charge in [-0.25, -0.2) is 4.79 Å². The van der Waals surface area contributed by atoms with Crippen molar-refractivity contribution in [3.63, 3.8) is 0 Å². The van der Waals surface area contributed by atoms with E-state index < -0.39 is 0 Å². The molecule has 1 fully saturated rings. The van der Waals surface area contributed by atoms with Gasteiger partial charge in [0, 0.05) is 36.7 Å². The molecule has 0 amide bonds. The fourth-order valence-electron chi connectivity index (χ4n) is 4.38. The van der Waals surface area contributed by atoms with E-state index in [1.54, 1.807) is 11.3 Å². The molecule has 1 aromatic heterocycles. The molecule has 0 spiro atoms. The normalized spacial score (nSPS) is 16.2. The summed E-state index contributed by atoms with van der Waals surface area (Å²) in [6.07, 6.45) is 4.28. The molecule has 30 heavy (non-hydrogen) atoms. The third-order valence-electron chi connectivity index (χ3n) is 6.26. The van der Waals surface area contributed by atoms with Crippen LogP contribution < -0.4 is 10.2 Å². The Kier molecular flexibility index (Phi) is 6.29. The summed E-state index contributed by atoms with van der Waals surface area (Å²) in [6.45, 7) is 7.92. The molecule has 2 aromatic rings.